The van der Waals surface area contributed by atoms with E-state index >= 15 is 0 Å². The van der Waals surface area contributed by atoms with Crippen molar-refractivity contribution in [3.63, 3.8) is 0 Å². The summed E-state index contributed by atoms with van der Waals surface area (Å²) in [4.78, 5) is 1.09. The molecule has 0 rings (SSSR count). The molecule has 0 heterocycles. The lowest BCUT2D eigenvalue weighted by atomic mass is 10.1. The average molecular weight is 214 g/mol. The molecule has 0 aliphatic heterocycles. The van der Waals surface area contributed by atoms with Gasteiger partial charge in [0.1, 0.15) is 5.60 Å². The predicted molar refractivity (Wildman–Crippen MR) is 62.2 cm³/mol. The van der Waals surface area contributed by atoms with E-state index in [1.165, 1.54) is 0 Å². The van der Waals surface area contributed by atoms with E-state index in [1.54, 1.807) is 38.8 Å². The SMILES string of the molecule is CCSC(=CC#CC(C)(C)O)COC. The molecule has 14 heavy (non-hydrogen) atoms. The van der Waals surface area contributed by atoms with E-state index in [0.717, 1.165) is 10.7 Å². The second-order valence-electron chi connectivity index (χ2n) is 3.31. The van der Waals surface area contributed by atoms with Crippen LogP contribution in [0.2, 0.25) is 0 Å². The lowest BCUT2D eigenvalue weighted by Gasteiger charge is -2.05. The molecule has 80 valence electrons. The minimum absolute atomic E-state index is 0.582. The van der Waals surface area contributed by atoms with Crippen molar-refractivity contribution in [3.8, 4) is 11.8 Å². The van der Waals surface area contributed by atoms with Crippen molar-refractivity contribution in [1.29, 1.82) is 0 Å². The number of aliphatic hydroxyl groups is 1. The first-order chi connectivity index (χ1) is 6.49. The topological polar surface area (TPSA) is 29.5 Å². The number of allylic oxidation sites excluding steroid dienone is 1. The standard InChI is InChI=1S/C11H18O2S/c1-5-14-10(9-13-4)7-6-8-11(2,3)12/h7,12H,5,9H2,1-4H3. The molecule has 0 aliphatic rings. The van der Waals surface area contributed by atoms with Crippen LogP contribution in [0.1, 0.15) is 20.8 Å². The third-order valence-electron chi connectivity index (χ3n) is 1.23. The van der Waals surface area contributed by atoms with Crippen LogP contribution in [0.3, 0.4) is 0 Å². The maximum absolute atomic E-state index is 9.35. The van der Waals surface area contributed by atoms with Gasteiger partial charge in [-0.2, -0.15) is 0 Å². The largest absolute Gasteiger partial charge is 0.379 e. The number of thioether (sulfide) groups is 1. The van der Waals surface area contributed by atoms with Gasteiger partial charge in [-0.25, -0.2) is 0 Å². The normalized spacial score (nSPS) is 12.2. The molecular formula is C11H18O2S. The molecule has 0 aromatic rings. The lowest BCUT2D eigenvalue weighted by Crippen LogP contribution is -2.14. The van der Waals surface area contributed by atoms with E-state index in [0.29, 0.717) is 6.61 Å². The fraction of sp³-hybridized carbons (Fsp3) is 0.636. The zero-order chi connectivity index (χ0) is 11.0. The highest BCUT2D eigenvalue weighted by atomic mass is 32.2. The fourth-order valence-corrected chi connectivity index (χ4v) is 1.46. The molecule has 0 amide bonds. The van der Waals surface area contributed by atoms with Crippen molar-refractivity contribution in [1.82, 2.24) is 0 Å². The summed E-state index contributed by atoms with van der Waals surface area (Å²) in [5.74, 6) is 6.56. The molecule has 3 heteroatoms. The molecule has 0 saturated carbocycles. The maximum atomic E-state index is 9.35. The summed E-state index contributed by atoms with van der Waals surface area (Å²) in [5.41, 5.74) is -0.925. The van der Waals surface area contributed by atoms with Crippen LogP contribution in [0.15, 0.2) is 11.0 Å². The number of methoxy groups -OCH3 is 1. The molecule has 0 aromatic heterocycles. The Bertz CT molecular complexity index is 232. The highest BCUT2D eigenvalue weighted by Crippen LogP contribution is 2.14. The van der Waals surface area contributed by atoms with Crippen molar-refractivity contribution >= 4 is 11.8 Å². The van der Waals surface area contributed by atoms with Gasteiger partial charge >= 0.3 is 0 Å². The zero-order valence-electron chi connectivity index (χ0n) is 9.26. The van der Waals surface area contributed by atoms with Gasteiger partial charge in [0.15, 0.2) is 0 Å². The number of hydrogen-bond acceptors (Lipinski definition) is 3. The summed E-state index contributed by atoms with van der Waals surface area (Å²) < 4.78 is 5.02. The molecule has 0 spiro atoms. The fourth-order valence-electron chi connectivity index (χ4n) is 0.746. The predicted octanol–water partition coefficient (Wildman–Crippen LogP) is 2.04. The quantitative estimate of drug-likeness (QED) is 0.726. The molecule has 0 aliphatic carbocycles. The van der Waals surface area contributed by atoms with Crippen molar-refractivity contribution < 1.29 is 9.84 Å². The molecule has 0 fully saturated rings. The van der Waals surface area contributed by atoms with Gasteiger partial charge in [-0.05, 0) is 19.6 Å². The van der Waals surface area contributed by atoms with Crippen LogP contribution >= 0.6 is 11.8 Å². The van der Waals surface area contributed by atoms with Crippen LogP contribution in [0, 0.1) is 11.8 Å². The first-order valence-electron chi connectivity index (χ1n) is 4.55. The second kappa shape index (κ2) is 6.94. The highest BCUT2D eigenvalue weighted by Gasteiger charge is 2.05. The second-order valence-corrected chi connectivity index (χ2v) is 4.70. The van der Waals surface area contributed by atoms with Crippen molar-refractivity contribution in [3.05, 3.63) is 11.0 Å². The molecule has 0 atom stereocenters. The molecule has 0 aromatic carbocycles. The van der Waals surface area contributed by atoms with Crippen LogP contribution in [0.4, 0.5) is 0 Å². The van der Waals surface area contributed by atoms with Gasteiger partial charge in [-0.1, -0.05) is 18.8 Å². The Morgan fingerprint density at radius 1 is 1.57 bits per heavy atom. The molecular weight excluding hydrogens is 196 g/mol. The van der Waals surface area contributed by atoms with E-state index in [4.69, 9.17) is 4.74 Å². The summed E-state index contributed by atoms with van der Waals surface area (Å²) >= 11 is 1.70. The number of hydrogen-bond donors (Lipinski definition) is 1. The maximum Gasteiger partial charge on any atom is 0.120 e. The summed E-state index contributed by atoms with van der Waals surface area (Å²) in [6.07, 6.45) is 1.80. The van der Waals surface area contributed by atoms with Gasteiger partial charge in [0.25, 0.3) is 0 Å². The minimum Gasteiger partial charge on any atom is -0.379 e. The Kier molecular flexibility index (Phi) is 6.73. The molecule has 1 N–H and O–H groups in total. The summed E-state index contributed by atoms with van der Waals surface area (Å²) in [7, 11) is 1.66. The van der Waals surface area contributed by atoms with Crippen LogP contribution in [-0.2, 0) is 4.74 Å². The summed E-state index contributed by atoms with van der Waals surface area (Å²) in [6.45, 7) is 5.99. The third kappa shape index (κ3) is 8.18. The first kappa shape index (κ1) is 13.6. The summed E-state index contributed by atoms with van der Waals surface area (Å²) in [6, 6.07) is 0. The van der Waals surface area contributed by atoms with E-state index in [2.05, 4.69) is 18.8 Å². The molecule has 0 radical (unpaired) electrons. The number of ether oxygens (including phenoxy) is 1. The van der Waals surface area contributed by atoms with Crippen LogP contribution < -0.4 is 0 Å². The molecule has 0 bridgehead atoms. The minimum atomic E-state index is -0.925. The van der Waals surface area contributed by atoms with E-state index in [-0.39, 0.29) is 0 Å². The van der Waals surface area contributed by atoms with E-state index in [1.807, 2.05) is 0 Å². The van der Waals surface area contributed by atoms with Crippen molar-refractivity contribution in [2.45, 2.75) is 26.4 Å². The van der Waals surface area contributed by atoms with Gasteiger partial charge in [0.05, 0.1) is 6.61 Å². The van der Waals surface area contributed by atoms with Gasteiger partial charge in [-0.3, -0.25) is 0 Å². The van der Waals surface area contributed by atoms with Gasteiger partial charge < -0.3 is 9.84 Å². The zero-order valence-corrected chi connectivity index (χ0v) is 10.1. The van der Waals surface area contributed by atoms with Crippen LogP contribution in [-0.4, -0.2) is 30.2 Å². The Balaban J connectivity index is 4.32. The van der Waals surface area contributed by atoms with Crippen LogP contribution in [0.5, 0.6) is 0 Å². The average Bonchev–Trinajstić information content (AvgIpc) is 2.02. The van der Waals surface area contributed by atoms with Gasteiger partial charge in [-0.15, -0.1) is 11.8 Å². The Labute approximate surface area is 90.7 Å². The molecule has 2 nitrogen and oxygen atoms in total. The summed E-state index contributed by atoms with van der Waals surface area (Å²) in [5, 5.41) is 9.35. The Morgan fingerprint density at radius 2 is 2.21 bits per heavy atom. The van der Waals surface area contributed by atoms with Gasteiger partial charge in [0, 0.05) is 18.1 Å². The molecule has 0 unspecified atom stereocenters. The van der Waals surface area contributed by atoms with Gasteiger partial charge in [0.2, 0.25) is 0 Å². The monoisotopic (exact) mass is 214 g/mol. The smallest absolute Gasteiger partial charge is 0.120 e. The Morgan fingerprint density at radius 3 is 2.64 bits per heavy atom. The first-order valence-corrected chi connectivity index (χ1v) is 5.54. The third-order valence-corrected chi connectivity index (χ3v) is 2.12. The molecule has 0 saturated heterocycles. The lowest BCUT2D eigenvalue weighted by molar-refractivity contribution is 0.143. The van der Waals surface area contributed by atoms with Crippen molar-refractivity contribution in [2.24, 2.45) is 0 Å². The Hall–Kier alpha value is -0.430. The van der Waals surface area contributed by atoms with Crippen LogP contribution in [0.25, 0.3) is 0 Å². The van der Waals surface area contributed by atoms with Crippen molar-refractivity contribution in [2.75, 3.05) is 19.5 Å². The number of rotatable bonds is 4. The van der Waals surface area contributed by atoms with E-state index in [9.17, 15) is 5.11 Å². The highest BCUT2D eigenvalue weighted by molar-refractivity contribution is 8.03. The van der Waals surface area contributed by atoms with E-state index < -0.39 is 5.60 Å².